The fraction of sp³-hybridized carbons (Fsp3) is 1.00. The zero-order valence-electron chi connectivity index (χ0n) is 13.0. The zero-order chi connectivity index (χ0) is 13.0. The van der Waals surface area contributed by atoms with Gasteiger partial charge in [-0.2, -0.15) is 0 Å². The minimum atomic E-state index is 0.571. The van der Waals surface area contributed by atoms with Gasteiger partial charge in [-0.1, -0.05) is 55.4 Å². The molecule has 0 aromatic heterocycles. The Kier molecular flexibility index (Phi) is 6.07. The standard InChI is InChI=1S/C14H28.C2H6/c1-11(2)7-14(6)9-12(3)8-13(4,5)10-14;1-2/h11-12H,7-10H2,1-6H3;1-2H3. The number of hydrogen-bond acceptors (Lipinski definition) is 0. The van der Waals surface area contributed by atoms with E-state index in [9.17, 15) is 0 Å². The monoisotopic (exact) mass is 226 g/mol. The summed E-state index contributed by atoms with van der Waals surface area (Å²) >= 11 is 0. The molecule has 1 rings (SSSR count). The molecule has 16 heavy (non-hydrogen) atoms. The van der Waals surface area contributed by atoms with Gasteiger partial charge in [0.25, 0.3) is 0 Å². The van der Waals surface area contributed by atoms with E-state index in [-0.39, 0.29) is 0 Å². The van der Waals surface area contributed by atoms with E-state index in [1.54, 1.807) is 0 Å². The molecule has 0 saturated heterocycles. The predicted molar refractivity (Wildman–Crippen MR) is 75.7 cm³/mol. The third kappa shape index (κ3) is 5.37. The van der Waals surface area contributed by atoms with Crippen LogP contribution in [-0.2, 0) is 0 Å². The Bertz CT molecular complexity index is 186. The van der Waals surface area contributed by atoms with Gasteiger partial charge in [0.2, 0.25) is 0 Å². The second-order valence-electron chi connectivity index (χ2n) is 7.26. The van der Waals surface area contributed by atoms with Crippen molar-refractivity contribution in [3.05, 3.63) is 0 Å². The van der Waals surface area contributed by atoms with Crippen molar-refractivity contribution in [2.75, 3.05) is 0 Å². The van der Waals surface area contributed by atoms with Crippen LogP contribution < -0.4 is 0 Å². The lowest BCUT2D eigenvalue weighted by molar-refractivity contribution is 0.0449. The summed E-state index contributed by atoms with van der Waals surface area (Å²) in [5.41, 5.74) is 1.18. The van der Waals surface area contributed by atoms with Gasteiger partial charge >= 0.3 is 0 Å². The lowest BCUT2D eigenvalue weighted by Gasteiger charge is -2.46. The van der Waals surface area contributed by atoms with Crippen LogP contribution >= 0.6 is 0 Å². The van der Waals surface area contributed by atoms with Crippen LogP contribution in [0.5, 0.6) is 0 Å². The van der Waals surface area contributed by atoms with E-state index in [1.165, 1.54) is 25.7 Å². The molecule has 0 heterocycles. The molecule has 0 amide bonds. The molecule has 0 radical (unpaired) electrons. The van der Waals surface area contributed by atoms with Gasteiger partial charge in [-0.25, -0.2) is 0 Å². The summed E-state index contributed by atoms with van der Waals surface area (Å²) in [6.45, 7) is 18.5. The van der Waals surface area contributed by atoms with Crippen molar-refractivity contribution in [3.8, 4) is 0 Å². The van der Waals surface area contributed by atoms with Gasteiger partial charge in [0.15, 0.2) is 0 Å². The van der Waals surface area contributed by atoms with Gasteiger partial charge in [0.1, 0.15) is 0 Å². The third-order valence-electron chi connectivity index (χ3n) is 3.55. The highest BCUT2D eigenvalue weighted by Gasteiger charge is 2.39. The Labute approximate surface area is 104 Å². The second kappa shape index (κ2) is 6.07. The summed E-state index contributed by atoms with van der Waals surface area (Å²) in [6.07, 6.45) is 5.68. The van der Waals surface area contributed by atoms with Crippen LogP contribution in [0, 0.1) is 22.7 Å². The summed E-state index contributed by atoms with van der Waals surface area (Å²) < 4.78 is 0. The molecular weight excluding hydrogens is 192 g/mol. The maximum Gasteiger partial charge on any atom is -0.0316 e. The molecule has 2 unspecified atom stereocenters. The molecule has 0 heteroatoms. The van der Waals surface area contributed by atoms with Gasteiger partial charge in [0, 0.05) is 0 Å². The molecule has 0 nitrogen and oxygen atoms in total. The van der Waals surface area contributed by atoms with Crippen LogP contribution in [-0.4, -0.2) is 0 Å². The lowest BCUT2D eigenvalue weighted by atomic mass is 9.59. The first-order chi connectivity index (χ1) is 7.22. The Hall–Kier alpha value is 0. The van der Waals surface area contributed by atoms with E-state index in [1.807, 2.05) is 13.8 Å². The summed E-state index contributed by atoms with van der Waals surface area (Å²) in [7, 11) is 0. The molecule has 0 spiro atoms. The van der Waals surface area contributed by atoms with Crippen LogP contribution in [0.15, 0.2) is 0 Å². The Morgan fingerprint density at radius 3 is 1.94 bits per heavy atom. The Morgan fingerprint density at radius 1 is 1.06 bits per heavy atom. The number of rotatable bonds is 2. The average Bonchev–Trinajstić information content (AvgIpc) is 1.99. The molecule has 1 fully saturated rings. The quantitative estimate of drug-likeness (QED) is 0.549. The summed E-state index contributed by atoms with van der Waals surface area (Å²) in [6, 6.07) is 0. The van der Waals surface area contributed by atoms with E-state index in [0.29, 0.717) is 10.8 Å². The van der Waals surface area contributed by atoms with Crippen molar-refractivity contribution >= 4 is 0 Å². The molecule has 0 bridgehead atoms. The van der Waals surface area contributed by atoms with E-state index in [0.717, 1.165) is 11.8 Å². The van der Waals surface area contributed by atoms with E-state index in [2.05, 4.69) is 41.5 Å². The Balaban J connectivity index is 0.00000106. The lowest BCUT2D eigenvalue weighted by Crippen LogP contribution is -2.35. The van der Waals surface area contributed by atoms with Crippen molar-refractivity contribution in [1.82, 2.24) is 0 Å². The summed E-state index contributed by atoms with van der Waals surface area (Å²) in [5, 5.41) is 0. The molecule has 98 valence electrons. The molecule has 0 N–H and O–H groups in total. The minimum absolute atomic E-state index is 0.571. The van der Waals surface area contributed by atoms with Crippen molar-refractivity contribution in [1.29, 1.82) is 0 Å². The molecule has 1 aliphatic carbocycles. The van der Waals surface area contributed by atoms with Crippen molar-refractivity contribution < 1.29 is 0 Å². The topological polar surface area (TPSA) is 0 Å². The van der Waals surface area contributed by atoms with Gasteiger partial charge in [-0.05, 0) is 48.3 Å². The van der Waals surface area contributed by atoms with Crippen LogP contribution in [0.3, 0.4) is 0 Å². The fourth-order valence-corrected chi connectivity index (χ4v) is 4.30. The van der Waals surface area contributed by atoms with Gasteiger partial charge in [-0.15, -0.1) is 0 Å². The smallest absolute Gasteiger partial charge is 0.0316 e. The summed E-state index contributed by atoms with van der Waals surface area (Å²) in [5.74, 6) is 1.77. The van der Waals surface area contributed by atoms with Crippen LogP contribution in [0.4, 0.5) is 0 Å². The normalized spacial score (nSPS) is 33.2. The molecular formula is C16H34. The summed E-state index contributed by atoms with van der Waals surface area (Å²) in [4.78, 5) is 0. The minimum Gasteiger partial charge on any atom is -0.0683 e. The molecule has 0 aliphatic heterocycles. The second-order valence-corrected chi connectivity index (χ2v) is 7.26. The van der Waals surface area contributed by atoms with Crippen LogP contribution in [0.1, 0.15) is 81.1 Å². The highest BCUT2D eigenvalue weighted by Crippen LogP contribution is 2.51. The first-order valence-electron chi connectivity index (χ1n) is 7.22. The molecule has 1 saturated carbocycles. The molecule has 0 aromatic carbocycles. The Morgan fingerprint density at radius 2 is 1.56 bits per heavy atom. The van der Waals surface area contributed by atoms with Gasteiger partial charge in [0.05, 0.1) is 0 Å². The van der Waals surface area contributed by atoms with E-state index in [4.69, 9.17) is 0 Å². The highest BCUT2D eigenvalue weighted by atomic mass is 14.4. The molecule has 0 aromatic rings. The average molecular weight is 226 g/mol. The maximum atomic E-state index is 2.50. The van der Waals surface area contributed by atoms with Gasteiger partial charge < -0.3 is 0 Å². The zero-order valence-corrected chi connectivity index (χ0v) is 13.0. The first-order valence-corrected chi connectivity index (χ1v) is 7.22. The predicted octanol–water partition coefficient (Wildman–Crippen LogP) is 5.91. The van der Waals surface area contributed by atoms with E-state index < -0.39 is 0 Å². The first kappa shape index (κ1) is 16.0. The third-order valence-corrected chi connectivity index (χ3v) is 3.55. The van der Waals surface area contributed by atoms with Crippen LogP contribution in [0.25, 0.3) is 0 Å². The molecule has 1 aliphatic rings. The molecule has 2 atom stereocenters. The van der Waals surface area contributed by atoms with Gasteiger partial charge in [-0.3, -0.25) is 0 Å². The maximum absolute atomic E-state index is 2.50. The highest BCUT2D eigenvalue weighted by molar-refractivity contribution is 4.90. The van der Waals surface area contributed by atoms with E-state index >= 15 is 0 Å². The number of hydrogen-bond donors (Lipinski definition) is 0. The van der Waals surface area contributed by atoms with Crippen molar-refractivity contribution in [2.24, 2.45) is 22.7 Å². The fourth-order valence-electron chi connectivity index (χ4n) is 4.30. The SMILES string of the molecule is CC.CC(C)CC1(C)CC(C)CC(C)(C)C1. The van der Waals surface area contributed by atoms with Crippen molar-refractivity contribution in [3.63, 3.8) is 0 Å². The van der Waals surface area contributed by atoms with Crippen LogP contribution in [0.2, 0.25) is 0 Å². The van der Waals surface area contributed by atoms with Crippen molar-refractivity contribution in [2.45, 2.75) is 81.1 Å². The largest absolute Gasteiger partial charge is 0.0683 e.